The maximum atomic E-state index is 13.5. The van der Waals surface area contributed by atoms with Crippen molar-refractivity contribution in [3.63, 3.8) is 0 Å². The van der Waals surface area contributed by atoms with Crippen molar-refractivity contribution in [3.8, 4) is 22.6 Å². The standard InChI is InChI=1S/C28H34ClN7O/c1-2-3-13-25-26(29)35(17-16-20-9-5-4-6-10-20)28(37)36(25)19-21-14-15-24(30-18-21)22-11-7-8-12-23(22)27-31-33-34-32-27/h7-8,11-12,14-15,18,20H,2-6,9-10,13,16-17,19H2,1H3,(H,31,32,33,34). The van der Waals surface area contributed by atoms with E-state index in [-0.39, 0.29) is 5.69 Å². The molecule has 3 aromatic heterocycles. The minimum atomic E-state index is -0.0153. The van der Waals surface area contributed by atoms with Crippen LogP contribution in [-0.2, 0) is 19.5 Å². The molecule has 1 fully saturated rings. The number of hydrogen-bond acceptors (Lipinski definition) is 5. The highest BCUT2D eigenvalue weighted by molar-refractivity contribution is 6.30. The molecule has 0 unspecified atom stereocenters. The van der Waals surface area contributed by atoms with Gasteiger partial charge < -0.3 is 0 Å². The van der Waals surface area contributed by atoms with Gasteiger partial charge in [0.2, 0.25) is 5.82 Å². The number of aromatic nitrogens is 7. The van der Waals surface area contributed by atoms with Gasteiger partial charge >= 0.3 is 5.69 Å². The fourth-order valence-corrected chi connectivity index (χ4v) is 5.73. The van der Waals surface area contributed by atoms with Gasteiger partial charge in [-0.15, -0.1) is 10.2 Å². The molecule has 0 atom stereocenters. The molecular weight excluding hydrogens is 486 g/mol. The second-order valence-corrected chi connectivity index (χ2v) is 10.3. The van der Waals surface area contributed by atoms with Crippen molar-refractivity contribution < 1.29 is 0 Å². The largest absolute Gasteiger partial charge is 0.329 e. The normalized spacial score (nSPS) is 14.3. The number of unbranched alkanes of at least 4 members (excludes halogenated alkanes) is 1. The lowest BCUT2D eigenvalue weighted by atomic mass is 9.87. The van der Waals surface area contributed by atoms with Crippen LogP contribution in [0.5, 0.6) is 0 Å². The van der Waals surface area contributed by atoms with Gasteiger partial charge in [0.1, 0.15) is 5.15 Å². The first-order valence-electron chi connectivity index (χ1n) is 13.4. The minimum Gasteiger partial charge on any atom is -0.290 e. The SMILES string of the molecule is CCCCc1c(Cl)n(CCC2CCCCC2)c(=O)n1Cc1ccc(-c2ccccc2-c2nn[nH]n2)nc1. The Morgan fingerprint density at radius 2 is 1.86 bits per heavy atom. The molecule has 3 heterocycles. The number of hydrogen-bond donors (Lipinski definition) is 1. The molecule has 0 radical (unpaired) electrons. The van der Waals surface area contributed by atoms with Crippen LogP contribution in [-0.4, -0.2) is 34.7 Å². The van der Waals surface area contributed by atoms with E-state index in [1.54, 1.807) is 4.57 Å². The van der Waals surface area contributed by atoms with Crippen LogP contribution in [0, 0.1) is 5.92 Å². The molecule has 5 rings (SSSR count). The number of imidazole rings is 1. The Hall–Kier alpha value is -3.26. The van der Waals surface area contributed by atoms with Gasteiger partial charge in [-0.25, -0.2) is 4.79 Å². The number of nitrogens with zero attached hydrogens (tertiary/aromatic N) is 6. The molecule has 4 aromatic rings. The minimum absolute atomic E-state index is 0.0153. The summed E-state index contributed by atoms with van der Waals surface area (Å²) in [4.78, 5) is 18.2. The molecule has 1 saturated carbocycles. The predicted octanol–water partition coefficient (Wildman–Crippen LogP) is 5.91. The Kier molecular flexibility index (Phi) is 8.14. The van der Waals surface area contributed by atoms with Crippen molar-refractivity contribution in [2.24, 2.45) is 5.92 Å². The van der Waals surface area contributed by atoms with Crippen molar-refractivity contribution in [2.45, 2.75) is 77.8 Å². The maximum absolute atomic E-state index is 13.5. The molecule has 0 spiro atoms. The zero-order valence-electron chi connectivity index (χ0n) is 21.4. The first kappa shape index (κ1) is 25.4. The topological polar surface area (TPSA) is 94.3 Å². The first-order chi connectivity index (χ1) is 18.2. The second kappa shape index (κ2) is 11.9. The highest BCUT2D eigenvalue weighted by Gasteiger charge is 2.21. The van der Waals surface area contributed by atoms with Crippen molar-refractivity contribution in [3.05, 3.63) is 69.5 Å². The number of rotatable bonds is 10. The van der Waals surface area contributed by atoms with Crippen LogP contribution in [0.25, 0.3) is 22.6 Å². The zero-order valence-corrected chi connectivity index (χ0v) is 22.1. The molecule has 1 aliphatic rings. The molecule has 0 amide bonds. The van der Waals surface area contributed by atoms with E-state index in [0.29, 0.717) is 30.0 Å². The van der Waals surface area contributed by atoms with Crippen molar-refractivity contribution in [1.82, 2.24) is 34.7 Å². The monoisotopic (exact) mass is 519 g/mol. The van der Waals surface area contributed by atoms with E-state index in [2.05, 4.69) is 27.5 Å². The van der Waals surface area contributed by atoms with Gasteiger partial charge in [-0.1, -0.05) is 87.4 Å². The second-order valence-electron chi connectivity index (χ2n) is 9.99. The number of H-pyrrole nitrogens is 1. The molecule has 0 saturated heterocycles. The van der Waals surface area contributed by atoms with Gasteiger partial charge in [0, 0.05) is 23.9 Å². The Balaban J connectivity index is 1.39. The summed E-state index contributed by atoms with van der Waals surface area (Å²) in [5.74, 6) is 1.23. The lowest BCUT2D eigenvalue weighted by molar-refractivity contribution is 0.322. The molecule has 1 aliphatic carbocycles. The highest BCUT2D eigenvalue weighted by atomic mass is 35.5. The lowest BCUT2D eigenvalue weighted by Gasteiger charge is -2.21. The van der Waals surface area contributed by atoms with E-state index in [9.17, 15) is 4.79 Å². The van der Waals surface area contributed by atoms with Crippen LogP contribution in [0.3, 0.4) is 0 Å². The van der Waals surface area contributed by atoms with Crippen molar-refractivity contribution in [2.75, 3.05) is 0 Å². The van der Waals surface area contributed by atoms with E-state index < -0.39 is 0 Å². The van der Waals surface area contributed by atoms with E-state index in [1.165, 1.54) is 32.1 Å². The molecule has 8 nitrogen and oxygen atoms in total. The van der Waals surface area contributed by atoms with Crippen molar-refractivity contribution >= 4 is 11.6 Å². The number of pyridine rings is 1. The number of nitrogens with one attached hydrogen (secondary N) is 1. The van der Waals surface area contributed by atoms with Gasteiger partial charge in [0.25, 0.3) is 0 Å². The summed E-state index contributed by atoms with van der Waals surface area (Å²) in [6.45, 7) is 3.30. The summed E-state index contributed by atoms with van der Waals surface area (Å²) in [5, 5.41) is 15.0. The molecule has 194 valence electrons. The summed E-state index contributed by atoms with van der Waals surface area (Å²) in [5.41, 5.74) is 4.47. The van der Waals surface area contributed by atoms with E-state index in [4.69, 9.17) is 16.6 Å². The van der Waals surface area contributed by atoms with Crippen LogP contribution < -0.4 is 5.69 Å². The third-order valence-corrected chi connectivity index (χ3v) is 7.89. The Morgan fingerprint density at radius 3 is 2.57 bits per heavy atom. The molecule has 1 N–H and O–H groups in total. The molecule has 37 heavy (non-hydrogen) atoms. The van der Waals surface area contributed by atoms with Gasteiger partial charge in [-0.3, -0.25) is 14.1 Å². The summed E-state index contributed by atoms with van der Waals surface area (Å²) in [6.07, 6.45) is 12.2. The molecule has 1 aromatic carbocycles. The fourth-order valence-electron chi connectivity index (χ4n) is 5.38. The zero-order chi connectivity index (χ0) is 25.6. The Bertz CT molecular complexity index is 1350. The quantitative estimate of drug-likeness (QED) is 0.281. The van der Waals surface area contributed by atoms with Crippen LogP contribution in [0.4, 0.5) is 0 Å². The summed E-state index contributed by atoms with van der Waals surface area (Å²) >= 11 is 6.83. The predicted molar refractivity (Wildman–Crippen MR) is 145 cm³/mol. The van der Waals surface area contributed by atoms with Crippen LogP contribution in [0.2, 0.25) is 5.15 Å². The number of tetrazole rings is 1. The van der Waals surface area contributed by atoms with E-state index in [0.717, 1.165) is 53.8 Å². The average molecular weight is 520 g/mol. The number of benzene rings is 1. The smallest absolute Gasteiger partial charge is 0.290 e. The molecule has 9 heteroatoms. The lowest BCUT2D eigenvalue weighted by Crippen LogP contribution is -2.26. The van der Waals surface area contributed by atoms with Gasteiger partial charge in [0.15, 0.2) is 0 Å². The summed E-state index contributed by atoms with van der Waals surface area (Å²) in [6, 6.07) is 11.9. The molecule has 0 aliphatic heterocycles. The van der Waals surface area contributed by atoms with Gasteiger partial charge in [0.05, 0.1) is 17.9 Å². The average Bonchev–Trinajstić information content (AvgIpc) is 3.55. The molecular formula is C28H34ClN7O. The fraction of sp³-hybridized carbons (Fsp3) is 0.464. The van der Waals surface area contributed by atoms with Crippen LogP contribution in [0.15, 0.2) is 47.4 Å². The van der Waals surface area contributed by atoms with E-state index >= 15 is 0 Å². The Labute approximate surface area is 222 Å². The summed E-state index contributed by atoms with van der Waals surface area (Å²) in [7, 11) is 0. The number of aromatic amines is 1. The van der Waals surface area contributed by atoms with Crippen LogP contribution >= 0.6 is 11.6 Å². The van der Waals surface area contributed by atoms with Crippen LogP contribution in [0.1, 0.15) is 69.5 Å². The van der Waals surface area contributed by atoms with Gasteiger partial charge in [-0.2, -0.15) is 5.21 Å². The molecule has 0 bridgehead atoms. The third-order valence-electron chi connectivity index (χ3n) is 7.47. The van der Waals surface area contributed by atoms with E-state index in [1.807, 2.05) is 47.2 Å². The maximum Gasteiger partial charge on any atom is 0.329 e. The third kappa shape index (κ3) is 5.69. The Morgan fingerprint density at radius 1 is 1.05 bits per heavy atom. The number of halogens is 1. The summed E-state index contributed by atoms with van der Waals surface area (Å²) < 4.78 is 3.65. The van der Waals surface area contributed by atoms with Crippen molar-refractivity contribution in [1.29, 1.82) is 0 Å². The van der Waals surface area contributed by atoms with Gasteiger partial charge in [-0.05, 0) is 42.0 Å². The first-order valence-corrected chi connectivity index (χ1v) is 13.8. The highest BCUT2D eigenvalue weighted by Crippen LogP contribution is 2.29.